The lowest BCUT2D eigenvalue weighted by Crippen LogP contribution is -2.55. The Hall–Kier alpha value is -2.19. The van der Waals surface area contributed by atoms with E-state index in [1.54, 1.807) is 23.1 Å². The zero-order valence-corrected chi connectivity index (χ0v) is 14.9. The lowest BCUT2D eigenvalue weighted by Gasteiger charge is -2.36. The molecule has 0 spiro atoms. The van der Waals surface area contributed by atoms with Gasteiger partial charge in [-0.2, -0.15) is 5.10 Å². The van der Waals surface area contributed by atoms with Crippen LogP contribution in [0.4, 0.5) is 8.78 Å². The number of hydrogen-bond acceptors (Lipinski definition) is 4. The highest BCUT2D eigenvalue weighted by Gasteiger charge is 2.41. The van der Waals surface area contributed by atoms with Gasteiger partial charge in [0.15, 0.2) is 11.6 Å². The summed E-state index contributed by atoms with van der Waals surface area (Å²) < 4.78 is 33.1. The van der Waals surface area contributed by atoms with Crippen LogP contribution in [0.15, 0.2) is 36.7 Å². The number of nitrogens with one attached hydrogen (secondary N) is 2. The van der Waals surface area contributed by atoms with Gasteiger partial charge in [0.05, 0.1) is 6.54 Å². The largest absolute Gasteiger partial charge is 0.492 e. The predicted octanol–water partition coefficient (Wildman–Crippen LogP) is 1.86. The summed E-state index contributed by atoms with van der Waals surface area (Å²) >= 11 is 0. The van der Waals surface area contributed by atoms with E-state index in [1.807, 2.05) is 0 Å². The first kappa shape index (κ1) is 20.1. The summed E-state index contributed by atoms with van der Waals surface area (Å²) in [7, 11) is 0. The van der Waals surface area contributed by atoms with E-state index >= 15 is 0 Å². The number of amides is 1. The molecule has 1 aliphatic rings. The van der Waals surface area contributed by atoms with Crippen molar-refractivity contribution in [3.8, 4) is 5.75 Å². The summed E-state index contributed by atoms with van der Waals surface area (Å²) in [5.74, 6) is -1.79. The van der Waals surface area contributed by atoms with Crippen molar-refractivity contribution in [2.24, 2.45) is 0 Å². The Morgan fingerprint density at radius 3 is 2.73 bits per heavy atom. The third-order valence-electron chi connectivity index (χ3n) is 4.34. The van der Waals surface area contributed by atoms with Crippen molar-refractivity contribution < 1.29 is 18.3 Å². The first-order valence-corrected chi connectivity index (χ1v) is 8.19. The van der Waals surface area contributed by atoms with Gasteiger partial charge in [0.2, 0.25) is 5.91 Å². The third kappa shape index (κ3) is 4.31. The molecular formula is C17H21ClF2N4O2. The van der Waals surface area contributed by atoms with Gasteiger partial charge in [-0.15, -0.1) is 12.4 Å². The zero-order chi connectivity index (χ0) is 17.7. The van der Waals surface area contributed by atoms with E-state index in [1.165, 1.54) is 6.07 Å². The molecule has 142 valence electrons. The number of rotatable bonds is 6. The number of carbonyl (C=O) groups is 1. The minimum atomic E-state index is -0.964. The van der Waals surface area contributed by atoms with E-state index in [-0.39, 0.29) is 37.2 Å². The Morgan fingerprint density at radius 2 is 2.08 bits per heavy atom. The maximum atomic E-state index is 13.1. The molecule has 1 aromatic carbocycles. The molecule has 1 saturated heterocycles. The van der Waals surface area contributed by atoms with Crippen molar-refractivity contribution >= 4 is 18.3 Å². The molecule has 1 aromatic heterocycles. The molecule has 6 nitrogen and oxygen atoms in total. The number of carbonyl (C=O) groups excluding carboxylic acids is 1. The second-order valence-electron chi connectivity index (χ2n) is 5.91. The molecule has 1 amide bonds. The van der Waals surface area contributed by atoms with E-state index in [0.717, 1.165) is 25.2 Å². The van der Waals surface area contributed by atoms with E-state index in [0.29, 0.717) is 12.8 Å². The van der Waals surface area contributed by atoms with Crippen LogP contribution in [0.3, 0.4) is 0 Å². The first-order valence-electron chi connectivity index (χ1n) is 8.19. The molecule has 0 saturated carbocycles. The Labute approximate surface area is 156 Å². The molecule has 0 radical (unpaired) electrons. The number of halogens is 3. The van der Waals surface area contributed by atoms with Gasteiger partial charge in [-0.25, -0.2) is 8.78 Å². The highest BCUT2D eigenvalue weighted by molar-refractivity contribution is 5.85. The van der Waals surface area contributed by atoms with Crippen LogP contribution < -0.4 is 15.4 Å². The van der Waals surface area contributed by atoms with Gasteiger partial charge >= 0.3 is 0 Å². The highest BCUT2D eigenvalue weighted by atomic mass is 35.5. The second-order valence-corrected chi connectivity index (χ2v) is 5.91. The standard InChI is InChI=1S/C17H20F2N4O2.ClH/c18-14-3-2-13(12-15(14)19)25-11-9-21-16(24)17(4-7-20-8-5-17)23-10-1-6-22-23;/h1-3,6,10,12,20H,4-5,7-9,11H2,(H,21,24);1H. The van der Waals surface area contributed by atoms with Gasteiger partial charge in [0, 0.05) is 18.5 Å². The van der Waals surface area contributed by atoms with Crippen molar-refractivity contribution in [3.05, 3.63) is 48.3 Å². The Balaban J connectivity index is 0.00000243. The average Bonchev–Trinajstić information content (AvgIpc) is 3.17. The monoisotopic (exact) mass is 386 g/mol. The van der Waals surface area contributed by atoms with Crippen molar-refractivity contribution in [1.29, 1.82) is 0 Å². The lowest BCUT2D eigenvalue weighted by molar-refractivity contribution is -0.132. The lowest BCUT2D eigenvalue weighted by atomic mass is 9.87. The zero-order valence-electron chi connectivity index (χ0n) is 14.1. The maximum absolute atomic E-state index is 13.1. The normalized spacial score (nSPS) is 15.8. The van der Waals surface area contributed by atoms with E-state index in [2.05, 4.69) is 15.7 Å². The number of hydrogen-bond donors (Lipinski definition) is 2. The number of benzene rings is 1. The Bertz CT molecular complexity index is 722. The molecule has 3 rings (SSSR count). The minimum Gasteiger partial charge on any atom is -0.492 e. The summed E-state index contributed by atoms with van der Waals surface area (Å²) in [5, 5.41) is 10.3. The fraction of sp³-hybridized carbons (Fsp3) is 0.412. The molecule has 26 heavy (non-hydrogen) atoms. The van der Waals surface area contributed by atoms with E-state index in [4.69, 9.17) is 4.74 Å². The molecule has 2 N–H and O–H groups in total. The van der Waals surface area contributed by atoms with Crippen molar-refractivity contribution in [3.63, 3.8) is 0 Å². The van der Waals surface area contributed by atoms with Gasteiger partial charge in [0.25, 0.3) is 0 Å². The molecule has 9 heteroatoms. The molecule has 0 bridgehead atoms. The Kier molecular flexibility index (Phi) is 6.93. The SMILES string of the molecule is Cl.O=C(NCCOc1ccc(F)c(F)c1)C1(n2cccn2)CCNCC1. The van der Waals surface area contributed by atoms with Crippen LogP contribution in [0.1, 0.15) is 12.8 Å². The summed E-state index contributed by atoms with van der Waals surface area (Å²) in [4.78, 5) is 12.8. The van der Waals surface area contributed by atoms with Gasteiger partial charge in [-0.1, -0.05) is 0 Å². The number of piperidine rings is 1. The molecule has 1 aliphatic heterocycles. The van der Waals surface area contributed by atoms with E-state index in [9.17, 15) is 13.6 Å². The van der Waals surface area contributed by atoms with Crippen LogP contribution in [0.5, 0.6) is 5.75 Å². The highest BCUT2D eigenvalue weighted by Crippen LogP contribution is 2.27. The van der Waals surface area contributed by atoms with Crippen LogP contribution in [0.2, 0.25) is 0 Å². The molecule has 0 unspecified atom stereocenters. The smallest absolute Gasteiger partial charge is 0.248 e. The summed E-state index contributed by atoms with van der Waals surface area (Å²) in [6.45, 7) is 1.88. The van der Waals surface area contributed by atoms with E-state index < -0.39 is 17.2 Å². The van der Waals surface area contributed by atoms with Crippen LogP contribution in [-0.4, -0.2) is 41.9 Å². The minimum absolute atomic E-state index is 0. The predicted molar refractivity (Wildman–Crippen MR) is 94.4 cm³/mol. The molecular weight excluding hydrogens is 366 g/mol. The Morgan fingerprint density at radius 1 is 1.31 bits per heavy atom. The summed E-state index contributed by atoms with van der Waals surface area (Å²) in [5.41, 5.74) is -0.712. The summed E-state index contributed by atoms with van der Waals surface area (Å²) in [6.07, 6.45) is 4.74. The van der Waals surface area contributed by atoms with Gasteiger partial charge in [-0.05, 0) is 44.1 Å². The molecule has 0 aliphatic carbocycles. The van der Waals surface area contributed by atoms with Crippen molar-refractivity contribution in [1.82, 2.24) is 20.4 Å². The molecule has 0 atom stereocenters. The fourth-order valence-corrected chi connectivity index (χ4v) is 2.99. The number of ether oxygens (including phenoxy) is 1. The van der Waals surface area contributed by atoms with Crippen LogP contribution in [-0.2, 0) is 10.3 Å². The molecule has 1 fully saturated rings. The van der Waals surface area contributed by atoms with Gasteiger partial charge < -0.3 is 15.4 Å². The fourth-order valence-electron chi connectivity index (χ4n) is 2.99. The topological polar surface area (TPSA) is 68.2 Å². The number of nitrogens with zero attached hydrogens (tertiary/aromatic N) is 2. The van der Waals surface area contributed by atoms with Gasteiger partial charge in [0.1, 0.15) is 17.9 Å². The quantitative estimate of drug-likeness (QED) is 0.744. The number of aromatic nitrogens is 2. The van der Waals surface area contributed by atoms with Crippen molar-refractivity contribution in [2.45, 2.75) is 18.4 Å². The summed E-state index contributed by atoms with van der Waals surface area (Å²) in [6, 6.07) is 5.13. The average molecular weight is 387 g/mol. The molecule has 2 aromatic rings. The van der Waals surface area contributed by atoms with Crippen LogP contribution in [0, 0.1) is 11.6 Å². The van der Waals surface area contributed by atoms with Crippen molar-refractivity contribution in [2.75, 3.05) is 26.2 Å². The first-order chi connectivity index (χ1) is 12.1. The van der Waals surface area contributed by atoms with Crippen LogP contribution >= 0.6 is 12.4 Å². The maximum Gasteiger partial charge on any atom is 0.248 e. The second kappa shape index (κ2) is 8.95. The third-order valence-corrected chi connectivity index (χ3v) is 4.34. The van der Waals surface area contributed by atoms with Gasteiger partial charge in [-0.3, -0.25) is 9.48 Å². The van der Waals surface area contributed by atoms with Crippen LogP contribution in [0.25, 0.3) is 0 Å². The molecule has 2 heterocycles.